The van der Waals surface area contributed by atoms with E-state index in [2.05, 4.69) is 10.1 Å². The Labute approximate surface area is 189 Å². The molecule has 0 radical (unpaired) electrons. The normalized spacial score (nSPS) is 15.6. The summed E-state index contributed by atoms with van der Waals surface area (Å²) in [4.78, 5) is 31.8. The zero-order chi connectivity index (χ0) is 23.0. The number of phenols is 1. The molecule has 2 N–H and O–H groups in total. The van der Waals surface area contributed by atoms with E-state index in [4.69, 9.17) is 0 Å². The van der Waals surface area contributed by atoms with Gasteiger partial charge < -0.3 is 15.1 Å². The average molecular weight is 445 g/mol. The van der Waals surface area contributed by atoms with Crippen LogP contribution in [-0.2, 0) is 6.54 Å². The van der Waals surface area contributed by atoms with Gasteiger partial charge in [0.05, 0.1) is 24.0 Å². The molecule has 0 unspecified atom stereocenters. The molecule has 1 amide bonds. The number of aliphatic hydroxyl groups is 1. The summed E-state index contributed by atoms with van der Waals surface area (Å²) < 4.78 is 2.88. The van der Waals surface area contributed by atoms with Crippen molar-refractivity contribution in [2.45, 2.75) is 25.0 Å². The number of carbonyl (C=O) groups is 1. The monoisotopic (exact) mass is 445 g/mol. The average Bonchev–Trinajstić information content (AvgIpc) is 3.26. The molecular weight excluding hydrogens is 422 g/mol. The largest absolute Gasteiger partial charge is 0.508 e. The van der Waals surface area contributed by atoms with Crippen molar-refractivity contribution in [2.75, 3.05) is 13.1 Å². The van der Waals surface area contributed by atoms with Gasteiger partial charge >= 0.3 is 0 Å². The summed E-state index contributed by atoms with van der Waals surface area (Å²) in [5.41, 5.74) is 0.162. The third kappa shape index (κ3) is 3.98. The molecule has 3 heterocycles. The Morgan fingerprint density at radius 3 is 2.55 bits per heavy atom. The number of piperidine rings is 1. The zero-order valence-corrected chi connectivity index (χ0v) is 17.8. The van der Waals surface area contributed by atoms with Gasteiger partial charge in [0, 0.05) is 24.7 Å². The van der Waals surface area contributed by atoms with Crippen LogP contribution in [0.2, 0.25) is 0 Å². The summed E-state index contributed by atoms with van der Waals surface area (Å²) in [5.74, 6) is 0.0288. The summed E-state index contributed by atoms with van der Waals surface area (Å²) in [7, 11) is 0. The summed E-state index contributed by atoms with van der Waals surface area (Å²) >= 11 is 0. The van der Waals surface area contributed by atoms with Crippen LogP contribution in [0.4, 0.5) is 0 Å². The number of rotatable bonds is 4. The number of aromatic nitrogens is 4. The highest BCUT2D eigenvalue weighted by Gasteiger charge is 2.35. The molecule has 0 aliphatic carbocycles. The lowest BCUT2D eigenvalue weighted by Gasteiger charge is -2.38. The maximum Gasteiger partial charge on any atom is 0.264 e. The fourth-order valence-electron chi connectivity index (χ4n) is 4.24. The van der Waals surface area contributed by atoms with Gasteiger partial charge in [-0.15, -0.1) is 0 Å². The standard InChI is InChI=1S/C24H23N5O4/c30-19-8-4-7-18(13-19)29-21-20(14-26-29)23(32)28(16-25-21)15-24(33)9-11-27(12-10-24)22(31)17-5-2-1-3-6-17/h1-8,13-14,16,30,33H,9-12,15H2. The van der Waals surface area contributed by atoms with Gasteiger partial charge in [-0.3, -0.25) is 14.2 Å². The Hall–Kier alpha value is -3.98. The molecule has 1 aliphatic rings. The predicted molar refractivity (Wildman–Crippen MR) is 121 cm³/mol. The number of hydrogen-bond donors (Lipinski definition) is 2. The molecule has 0 saturated carbocycles. The maximum atomic E-state index is 13.1. The highest BCUT2D eigenvalue weighted by atomic mass is 16.3. The van der Waals surface area contributed by atoms with Gasteiger partial charge in [0.15, 0.2) is 5.65 Å². The minimum absolute atomic E-state index is 0.0581. The minimum atomic E-state index is -1.12. The van der Waals surface area contributed by atoms with Gasteiger partial charge in [-0.05, 0) is 37.1 Å². The number of carbonyl (C=O) groups excluding carboxylic acids is 1. The van der Waals surface area contributed by atoms with Crippen LogP contribution in [0.5, 0.6) is 5.75 Å². The Morgan fingerprint density at radius 1 is 1.06 bits per heavy atom. The Bertz CT molecular complexity index is 1370. The van der Waals surface area contributed by atoms with Crippen molar-refractivity contribution in [1.82, 2.24) is 24.2 Å². The molecule has 9 nitrogen and oxygen atoms in total. The Balaban J connectivity index is 1.34. The van der Waals surface area contributed by atoms with Crippen molar-refractivity contribution in [3.05, 3.63) is 83.0 Å². The molecule has 5 rings (SSSR count). The molecule has 168 valence electrons. The molecule has 0 spiro atoms. The third-order valence-corrected chi connectivity index (χ3v) is 6.10. The van der Waals surface area contributed by atoms with Gasteiger partial charge in [-0.1, -0.05) is 24.3 Å². The van der Waals surface area contributed by atoms with Crippen LogP contribution in [0.15, 0.2) is 71.9 Å². The smallest absolute Gasteiger partial charge is 0.264 e. The molecule has 2 aromatic carbocycles. The van der Waals surface area contributed by atoms with Crippen molar-refractivity contribution >= 4 is 16.9 Å². The first kappa shape index (κ1) is 20.9. The van der Waals surface area contributed by atoms with E-state index in [-0.39, 0.29) is 23.8 Å². The van der Waals surface area contributed by atoms with Crippen LogP contribution in [0.25, 0.3) is 16.7 Å². The molecule has 1 fully saturated rings. The molecule has 1 aliphatic heterocycles. The molecule has 4 aromatic rings. The number of nitrogens with zero attached hydrogens (tertiary/aromatic N) is 5. The second-order valence-corrected chi connectivity index (χ2v) is 8.37. The minimum Gasteiger partial charge on any atom is -0.508 e. The van der Waals surface area contributed by atoms with Crippen LogP contribution in [0.3, 0.4) is 0 Å². The lowest BCUT2D eigenvalue weighted by atomic mass is 9.91. The number of benzene rings is 2. The molecule has 0 atom stereocenters. The fraction of sp³-hybridized carbons (Fsp3) is 0.250. The third-order valence-electron chi connectivity index (χ3n) is 6.10. The van der Waals surface area contributed by atoms with Crippen LogP contribution >= 0.6 is 0 Å². The van der Waals surface area contributed by atoms with Gasteiger partial charge in [0.25, 0.3) is 11.5 Å². The maximum absolute atomic E-state index is 13.1. The molecule has 9 heteroatoms. The van der Waals surface area contributed by atoms with E-state index in [1.807, 2.05) is 18.2 Å². The van der Waals surface area contributed by atoms with Gasteiger partial charge in [-0.25, -0.2) is 9.67 Å². The topological polar surface area (TPSA) is 113 Å². The number of aromatic hydroxyl groups is 1. The second kappa shape index (κ2) is 8.18. The Morgan fingerprint density at radius 2 is 1.82 bits per heavy atom. The summed E-state index contributed by atoms with van der Waals surface area (Å²) in [6.45, 7) is 0.896. The van der Waals surface area contributed by atoms with Crippen LogP contribution in [0.1, 0.15) is 23.2 Å². The predicted octanol–water partition coefficient (Wildman–Crippen LogP) is 1.96. The first-order valence-corrected chi connectivity index (χ1v) is 10.7. The van der Waals surface area contributed by atoms with E-state index in [1.165, 1.54) is 27.8 Å². The molecular formula is C24H23N5O4. The van der Waals surface area contributed by atoms with Crippen LogP contribution in [-0.4, -0.2) is 59.0 Å². The van der Waals surface area contributed by atoms with Crippen molar-refractivity contribution < 1.29 is 15.0 Å². The lowest BCUT2D eigenvalue weighted by molar-refractivity contribution is -0.0299. The van der Waals surface area contributed by atoms with E-state index in [1.54, 1.807) is 35.2 Å². The van der Waals surface area contributed by atoms with Gasteiger partial charge in [0.2, 0.25) is 0 Å². The number of phenolic OH excluding ortho intramolecular Hbond substituents is 1. The van der Waals surface area contributed by atoms with Crippen molar-refractivity contribution in [1.29, 1.82) is 0 Å². The highest BCUT2D eigenvalue weighted by molar-refractivity contribution is 5.94. The van der Waals surface area contributed by atoms with E-state index in [0.717, 1.165) is 0 Å². The fourth-order valence-corrected chi connectivity index (χ4v) is 4.24. The van der Waals surface area contributed by atoms with Crippen molar-refractivity contribution in [2.24, 2.45) is 0 Å². The van der Waals surface area contributed by atoms with E-state index in [0.29, 0.717) is 48.2 Å². The number of fused-ring (bicyclic) bond motifs is 1. The summed E-state index contributed by atoms with van der Waals surface area (Å²) in [6, 6.07) is 15.6. The van der Waals surface area contributed by atoms with E-state index >= 15 is 0 Å². The number of amides is 1. The molecule has 2 aromatic heterocycles. The first-order chi connectivity index (χ1) is 15.9. The van der Waals surface area contributed by atoms with Crippen molar-refractivity contribution in [3.63, 3.8) is 0 Å². The zero-order valence-electron chi connectivity index (χ0n) is 17.8. The molecule has 33 heavy (non-hydrogen) atoms. The quantitative estimate of drug-likeness (QED) is 0.496. The second-order valence-electron chi connectivity index (χ2n) is 8.37. The van der Waals surface area contributed by atoms with E-state index < -0.39 is 5.60 Å². The number of hydrogen-bond acceptors (Lipinski definition) is 6. The lowest BCUT2D eigenvalue weighted by Crippen LogP contribution is -2.49. The van der Waals surface area contributed by atoms with Crippen molar-refractivity contribution in [3.8, 4) is 11.4 Å². The summed E-state index contributed by atoms with van der Waals surface area (Å²) in [6.07, 6.45) is 3.57. The summed E-state index contributed by atoms with van der Waals surface area (Å²) in [5, 5.41) is 25.4. The Kier molecular flexibility index (Phi) is 5.18. The van der Waals surface area contributed by atoms with Crippen LogP contribution in [0, 0.1) is 0 Å². The number of likely N-dealkylation sites (tertiary alicyclic amines) is 1. The van der Waals surface area contributed by atoms with E-state index in [9.17, 15) is 19.8 Å². The first-order valence-electron chi connectivity index (χ1n) is 10.7. The molecule has 1 saturated heterocycles. The molecule has 0 bridgehead atoms. The van der Waals surface area contributed by atoms with Crippen LogP contribution < -0.4 is 5.56 Å². The van der Waals surface area contributed by atoms with Gasteiger partial charge in [0.1, 0.15) is 17.5 Å². The highest BCUT2D eigenvalue weighted by Crippen LogP contribution is 2.25. The SMILES string of the molecule is O=C(c1ccccc1)N1CCC(O)(Cn2cnc3c(cnn3-c3cccc(O)c3)c2=O)CC1. The van der Waals surface area contributed by atoms with Gasteiger partial charge in [-0.2, -0.15) is 5.10 Å².